The van der Waals surface area contributed by atoms with Crippen molar-refractivity contribution in [3.63, 3.8) is 0 Å². The summed E-state index contributed by atoms with van der Waals surface area (Å²) in [7, 11) is 0. The monoisotopic (exact) mass is 232 g/mol. The Morgan fingerprint density at radius 2 is 2.12 bits per heavy atom. The van der Waals surface area contributed by atoms with E-state index in [4.69, 9.17) is 5.11 Å². The lowest BCUT2D eigenvalue weighted by atomic mass is 10.2. The SMILES string of the molecule is O=C(O)CCC1=CC=Cc2ccccc2S1. The molecule has 1 aliphatic rings. The zero-order valence-corrected chi connectivity index (χ0v) is 9.54. The van der Waals surface area contributed by atoms with E-state index < -0.39 is 5.97 Å². The number of aliphatic carboxylic acids is 1. The van der Waals surface area contributed by atoms with Crippen molar-refractivity contribution in [2.45, 2.75) is 17.7 Å². The molecule has 1 N–H and O–H groups in total. The van der Waals surface area contributed by atoms with Crippen LogP contribution in [0.2, 0.25) is 0 Å². The van der Waals surface area contributed by atoms with Gasteiger partial charge in [0.1, 0.15) is 0 Å². The summed E-state index contributed by atoms with van der Waals surface area (Å²) in [6.07, 6.45) is 6.81. The first-order valence-electron chi connectivity index (χ1n) is 5.11. The third-order valence-electron chi connectivity index (χ3n) is 2.30. The smallest absolute Gasteiger partial charge is 0.303 e. The van der Waals surface area contributed by atoms with Crippen LogP contribution in [-0.2, 0) is 4.79 Å². The number of benzene rings is 1. The van der Waals surface area contributed by atoms with Gasteiger partial charge >= 0.3 is 5.97 Å². The Hall–Kier alpha value is -1.48. The molecule has 0 spiro atoms. The summed E-state index contributed by atoms with van der Waals surface area (Å²) in [4.78, 5) is 12.8. The van der Waals surface area contributed by atoms with Crippen LogP contribution in [0, 0.1) is 0 Å². The fourth-order valence-corrected chi connectivity index (χ4v) is 2.54. The van der Waals surface area contributed by atoms with Gasteiger partial charge in [-0.3, -0.25) is 4.79 Å². The second kappa shape index (κ2) is 5.03. The number of carboxylic acid groups (broad SMARTS) is 1. The number of carboxylic acids is 1. The number of rotatable bonds is 3. The number of fused-ring (bicyclic) bond motifs is 1. The van der Waals surface area contributed by atoms with E-state index in [1.54, 1.807) is 11.8 Å². The molecule has 16 heavy (non-hydrogen) atoms. The molecule has 1 aromatic rings. The topological polar surface area (TPSA) is 37.3 Å². The molecule has 0 fully saturated rings. The fourth-order valence-electron chi connectivity index (χ4n) is 1.51. The van der Waals surface area contributed by atoms with E-state index in [2.05, 4.69) is 18.2 Å². The van der Waals surface area contributed by atoms with Gasteiger partial charge in [0.2, 0.25) is 0 Å². The Kier molecular flexibility index (Phi) is 3.47. The summed E-state index contributed by atoms with van der Waals surface area (Å²) >= 11 is 1.66. The summed E-state index contributed by atoms with van der Waals surface area (Å²) in [6.45, 7) is 0. The van der Waals surface area contributed by atoms with Crippen LogP contribution in [0.3, 0.4) is 0 Å². The molecule has 0 saturated heterocycles. The Bertz CT molecular complexity index is 461. The molecule has 0 aromatic heterocycles. The first-order valence-corrected chi connectivity index (χ1v) is 5.93. The predicted octanol–water partition coefficient (Wildman–Crippen LogP) is 3.55. The van der Waals surface area contributed by atoms with Crippen molar-refractivity contribution in [2.24, 2.45) is 0 Å². The molecule has 1 aliphatic heterocycles. The van der Waals surface area contributed by atoms with Crippen molar-refractivity contribution < 1.29 is 9.90 Å². The molecule has 0 amide bonds. The number of thioether (sulfide) groups is 1. The zero-order valence-electron chi connectivity index (χ0n) is 8.72. The Labute approximate surface area is 98.7 Å². The highest BCUT2D eigenvalue weighted by Gasteiger charge is 2.08. The molecule has 0 radical (unpaired) electrons. The summed E-state index contributed by atoms with van der Waals surface area (Å²) in [5.74, 6) is -0.747. The minimum absolute atomic E-state index is 0.189. The van der Waals surface area contributed by atoms with Crippen molar-refractivity contribution in [2.75, 3.05) is 0 Å². The summed E-state index contributed by atoms with van der Waals surface area (Å²) < 4.78 is 0. The third kappa shape index (κ3) is 2.76. The average Bonchev–Trinajstić information content (AvgIpc) is 2.47. The van der Waals surface area contributed by atoms with E-state index in [0.717, 1.165) is 4.91 Å². The molecule has 0 saturated carbocycles. The lowest BCUT2D eigenvalue weighted by Crippen LogP contribution is -1.94. The van der Waals surface area contributed by atoms with Gasteiger partial charge in [-0.2, -0.15) is 0 Å². The van der Waals surface area contributed by atoms with E-state index in [9.17, 15) is 4.79 Å². The first-order chi connectivity index (χ1) is 7.75. The molecule has 2 nitrogen and oxygen atoms in total. The van der Waals surface area contributed by atoms with Crippen LogP contribution in [0.15, 0.2) is 46.2 Å². The van der Waals surface area contributed by atoms with E-state index in [-0.39, 0.29) is 6.42 Å². The van der Waals surface area contributed by atoms with E-state index in [1.165, 1.54) is 10.5 Å². The maximum atomic E-state index is 10.5. The van der Waals surface area contributed by atoms with Crippen molar-refractivity contribution in [1.29, 1.82) is 0 Å². The van der Waals surface area contributed by atoms with Crippen LogP contribution in [0.25, 0.3) is 6.08 Å². The van der Waals surface area contributed by atoms with Crippen molar-refractivity contribution in [1.82, 2.24) is 0 Å². The fraction of sp³-hybridized carbons (Fsp3) is 0.154. The van der Waals surface area contributed by atoms with Gasteiger partial charge in [-0.25, -0.2) is 0 Å². The molecule has 0 unspecified atom stereocenters. The second-order valence-electron chi connectivity index (χ2n) is 3.53. The summed E-state index contributed by atoms with van der Waals surface area (Å²) in [5, 5.41) is 8.66. The third-order valence-corrected chi connectivity index (χ3v) is 3.50. The highest BCUT2D eigenvalue weighted by atomic mass is 32.2. The van der Waals surface area contributed by atoms with Gasteiger partial charge < -0.3 is 5.11 Å². The normalized spacial score (nSPS) is 13.9. The summed E-state index contributed by atoms with van der Waals surface area (Å²) in [5.41, 5.74) is 1.19. The molecule has 0 bridgehead atoms. The van der Waals surface area contributed by atoms with Crippen LogP contribution in [0.4, 0.5) is 0 Å². The van der Waals surface area contributed by atoms with Gasteiger partial charge in [-0.1, -0.05) is 48.2 Å². The van der Waals surface area contributed by atoms with Crippen LogP contribution in [0.1, 0.15) is 18.4 Å². The molecule has 2 rings (SSSR count). The van der Waals surface area contributed by atoms with Crippen molar-refractivity contribution in [3.05, 3.63) is 46.9 Å². The van der Waals surface area contributed by atoms with Crippen LogP contribution >= 0.6 is 11.8 Å². The number of allylic oxidation sites excluding steroid dienone is 3. The standard InChI is InChI=1S/C13H12O2S/c14-13(15)9-8-11-6-3-5-10-4-1-2-7-12(10)16-11/h1-7H,8-9H2,(H,14,15). The van der Waals surface area contributed by atoms with E-state index in [0.29, 0.717) is 6.42 Å². The lowest BCUT2D eigenvalue weighted by Gasteiger charge is -2.05. The number of carbonyl (C=O) groups is 1. The number of hydrogen-bond donors (Lipinski definition) is 1. The van der Waals surface area contributed by atoms with Crippen LogP contribution in [-0.4, -0.2) is 11.1 Å². The molecule has 1 heterocycles. The molecule has 1 aromatic carbocycles. The lowest BCUT2D eigenvalue weighted by molar-refractivity contribution is -0.136. The zero-order chi connectivity index (χ0) is 11.4. The van der Waals surface area contributed by atoms with Gasteiger partial charge in [0, 0.05) is 11.3 Å². The van der Waals surface area contributed by atoms with Gasteiger partial charge in [0.05, 0.1) is 0 Å². The molecular weight excluding hydrogens is 220 g/mol. The minimum Gasteiger partial charge on any atom is -0.481 e. The van der Waals surface area contributed by atoms with Gasteiger partial charge in [-0.05, 0) is 23.0 Å². The summed E-state index contributed by atoms with van der Waals surface area (Å²) in [6, 6.07) is 8.13. The quantitative estimate of drug-likeness (QED) is 0.865. The predicted molar refractivity (Wildman–Crippen MR) is 66.3 cm³/mol. The molecule has 0 aliphatic carbocycles. The van der Waals surface area contributed by atoms with E-state index >= 15 is 0 Å². The molecule has 3 heteroatoms. The molecule has 82 valence electrons. The molecule has 0 atom stereocenters. The number of hydrogen-bond acceptors (Lipinski definition) is 2. The Balaban J connectivity index is 2.13. The maximum absolute atomic E-state index is 10.5. The minimum atomic E-state index is -0.747. The van der Waals surface area contributed by atoms with Crippen molar-refractivity contribution in [3.8, 4) is 0 Å². The largest absolute Gasteiger partial charge is 0.481 e. The van der Waals surface area contributed by atoms with Crippen LogP contribution in [0.5, 0.6) is 0 Å². The van der Waals surface area contributed by atoms with Gasteiger partial charge in [-0.15, -0.1) is 0 Å². The Morgan fingerprint density at radius 3 is 2.94 bits per heavy atom. The Morgan fingerprint density at radius 1 is 1.31 bits per heavy atom. The van der Waals surface area contributed by atoms with Crippen molar-refractivity contribution >= 4 is 23.8 Å². The highest BCUT2D eigenvalue weighted by Crippen LogP contribution is 2.34. The average molecular weight is 232 g/mol. The van der Waals surface area contributed by atoms with E-state index in [1.807, 2.05) is 24.3 Å². The van der Waals surface area contributed by atoms with Gasteiger partial charge in [0.25, 0.3) is 0 Å². The first kappa shape index (κ1) is 11.0. The second-order valence-corrected chi connectivity index (χ2v) is 4.69. The molecular formula is C13H12O2S. The highest BCUT2D eigenvalue weighted by molar-refractivity contribution is 8.03. The maximum Gasteiger partial charge on any atom is 0.303 e. The van der Waals surface area contributed by atoms with Gasteiger partial charge in [0.15, 0.2) is 0 Å². The van der Waals surface area contributed by atoms with Crippen LogP contribution < -0.4 is 0 Å².